The summed E-state index contributed by atoms with van der Waals surface area (Å²) < 4.78 is 46.7. The summed E-state index contributed by atoms with van der Waals surface area (Å²) in [5, 5.41) is 7.21. The first-order chi connectivity index (χ1) is 10.7. The first-order valence-corrected chi connectivity index (χ1v) is 6.37. The summed E-state index contributed by atoms with van der Waals surface area (Å²) in [7, 11) is 1.06. The minimum atomic E-state index is -4.45. The highest BCUT2D eigenvalue weighted by Gasteiger charge is 2.31. The van der Waals surface area contributed by atoms with E-state index < -0.39 is 25.2 Å². The van der Waals surface area contributed by atoms with E-state index in [9.17, 15) is 18.0 Å². The number of halogens is 3. The number of nitrogens with two attached hydrogens (primary N) is 1. The first kappa shape index (κ1) is 16.6. The normalized spacial score (nSPS) is 11.3. The quantitative estimate of drug-likeness (QED) is 0.897. The van der Waals surface area contributed by atoms with E-state index in [1.807, 2.05) is 0 Å². The molecule has 7 nitrogen and oxygen atoms in total. The number of rotatable bonds is 5. The summed E-state index contributed by atoms with van der Waals surface area (Å²) in [6.07, 6.45) is -4.45. The number of benzene rings is 1. The summed E-state index contributed by atoms with van der Waals surface area (Å²) in [4.78, 5) is 12.1. The van der Waals surface area contributed by atoms with Crippen LogP contribution in [0.2, 0.25) is 0 Å². The average molecular weight is 330 g/mol. The van der Waals surface area contributed by atoms with Gasteiger partial charge in [0.25, 0.3) is 5.91 Å². The second kappa shape index (κ2) is 6.55. The van der Waals surface area contributed by atoms with Crippen LogP contribution in [0.25, 0.3) is 11.5 Å². The van der Waals surface area contributed by atoms with Crippen LogP contribution in [0.3, 0.4) is 0 Å². The van der Waals surface area contributed by atoms with Gasteiger partial charge in [-0.1, -0.05) is 5.10 Å². The van der Waals surface area contributed by atoms with E-state index in [4.69, 9.17) is 14.9 Å². The molecule has 2 aromatic rings. The Bertz CT molecular complexity index is 670. The lowest BCUT2D eigenvalue weighted by atomic mass is 10.2. The number of amides is 1. The van der Waals surface area contributed by atoms with E-state index in [0.29, 0.717) is 16.2 Å². The lowest BCUT2D eigenvalue weighted by molar-refractivity contribution is -0.159. The Kier molecular flexibility index (Phi) is 4.72. The number of hydrogen-bond donors (Lipinski definition) is 1. The van der Waals surface area contributed by atoms with Crippen molar-refractivity contribution < 1.29 is 27.1 Å². The molecule has 124 valence electrons. The summed E-state index contributed by atoms with van der Waals surface area (Å²) >= 11 is 0. The van der Waals surface area contributed by atoms with Gasteiger partial charge in [-0.05, 0) is 24.3 Å². The monoisotopic (exact) mass is 330 g/mol. The van der Waals surface area contributed by atoms with Crippen LogP contribution in [-0.4, -0.2) is 47.4 Å². The van der Waals surface area contributed by atoms with Gasteiger partial charge >= 0.3 is 12.2 Å². The van der Waals surface area contributed by atoms with Crippen molar-refractivity contribution in [3.8, 4) is 17.2 Å². The Morgan fingerprint density at radius 3 is 2.48 bits per heavy atom. The second-order valence-electron chi connectivity index (χ2n) is 4.62. The molecule has 0 saturated carbocycles. The predicted octanol–water partition coefficient (Wildman–Crippen LogP) is 1.72. The van der Waals surface area contributed by atoms with E-state index in [0.717, 1.165) is 7.05 Å². The number of ether oxygens (including phenoxy) is 1. The fourth-order valence-corrected chi connectivity index (χ4v) is 1.66. The SMILES string of the molecule is CN(CC(F)(F)F)C(=O)COc1ccc(-c2nnc(N)o2)cc1. The van der Waals surface area contributed by atoms with Crippen LogP contribution >= 0.6 is 0 Å². The highest BCUT2D eigenvalue weighted by Crippen LogP contribution is 2.22. The summed E-state index contributed by atoms with van der Waals surface area (Å²) in [6.45, 7) is -1.83. The fraction of sp³-hybridized carbons (Fsp3) is 0.308. The molecule has 1 amide bonds. The standard InChI is InChI=1S/C13H13F3N4O3/c1-20(7-13(14,15)16)10(21)6-22-9-4-2-8(3-5-9)11-18-19-12(17)23-11/h2-5H,6-7H2,1H3,(H2,17,19). The number of likely N-dealkylation sites (N-methyl/N-ethyl adjacent to an activating group) is 1. The molecule has 1 aromatic heterocycles. The maximum atomic E-state index is 12.2. The van der Waals surface area contributed by atoms with Crippen molar-refractivity contribution >= 4 is 11.9 Å². The molecule has 0 aliphatic carbocycles. The molecule has 23 heavy (non-hydrogen) atoms. The van der Waals surface area contributed by atoms with Gasteiger partial charge in [-0.2, -0.15) is 13.2 Å². The van der Waals surface area contributed by atoms with Crippen molar-refractivity contribution in [1.82, 2.24) is 15.1 Å². The third-order valence-electron chi connectivity index (χ3n) is 2.75. The van der Waals surface area contributed by atoms with Crippen molar-refractivity contribution in [2.45, 2.75) is 6.18 Å². The van der Waals surface area contributed by atoms with E-state index in [-0.39, 0.29) is 11.9 Å². The molecule has 0 spiro atoms. The number of nitrogens with zero attached hydrogens (tertiary/aromatic N) is 3. The van der Waals surface area contributed by atoms with E-state index in [1.165, 1.54) is 12.1 Å². The van der Waals surface area contributed by atoms with Gasteiger partial charge in [-0.15, -0.1) is 5.10 Å². The molecule has 0 radical (unpaired) electrons. The minimum absolute atomic E-state index is 0.0707. The zero-order chi connectivity index (χ0) is 17.0. The van der Waals surface area contributed by atoms with Gasteiger partial charge in [0.1, 0.15) is 12.3 Å². The largest absolute Gasteiger partial charge is 0.484 e. The molecule has 10 heteroatoms. The topological polar surface area (TPSA) is 94.5 Å². The lowest BCUT2D eigenvalue weighted by Crippen LogP contribution is -2.38. The van der Waals surface area contributed by atoms with Crippen LogP contribution < -0.4 is 10.5 Å². The van der Waals surface area contributed by atoms with E-state index in [1.54, 1.807) is 12.1 Å². The smallest absolute Gasteiger partial charge is 0.406 e. The predicted molar refractivity (Wildman–Crippen MR) is 73.3 cm³/mol. The Labute approximate surface area is 128 Å². The zero-order valence-corrected chi connectivity index (χ0v) is 12.0. The molecule has 0 saturated heterocycles. The van der Waals surface area contributed by atoms with Gasteiger partial charge in [0.15, 0.2) is 6.61 Å². The van der Waals surface area contributed by atoms with E-state index in [2.05, 4.69) is 10.2 Å². The number of nitrogen functional groups attached to an aromatic ring is 1. The number of aromatic nitrogens is 2. The molecule has 2 N–H and O–H groups in total. The molecule has 0 atom stereocenters. The number of alkyl halides is 3. The maximum absolute atomic E-state index is 12.2. The third kappa shape index (κ3) is 4.87. The van der Waals surface area contributed by atoms with Gasteiger partial charge < -0.3 is 19.8 Å². The Hall–Kier alpha value is -2.78. The molecule has 0 aliphatic rings. The highest BCUT2D eigenvalue weighted by atomic mass is 19.4. The Morgan fingerprint density at radius 1 is 1.30 bits per heavy atom. The highest BCUT2D eigenvalue weighted by molar-refractivity contribution is 5.77. The van der Waals surface area contributed by atoms with Crippen molar-refractivity contribution in [2.24, 2.45) is 0 Å². The number of carbonyl (C=O) groups is 1. The Morgan fingerprint density at radius 2 is 1.96 bits per heavy atom. The van der Waals surface area contributed by atoms with Gasteiger partial charge in [-0.3, -0.25) is 4.79 Å². The molecular weight excluding hydrogens is 317 g/mol. The van der Waals surface area contributed by atoms with Crippen molar-refractivity contribution in [3.05, 3.63) is 24.3 Å². The van der Waals surface area contributed by atoms with Crippen LogP contribution in [0.4, 0.5) is 19.2 Å². The molecular formula is C13H13F3N4O3. The van der Waals surface area contributed by atoms with Gasteiger partial charge in [0.05, 0.1) is 0 Å². The van der Waals surface area contributed by atoms with Crippen LogP contribution in [0.5, 0.6) is 5.75 Å². The molecule has 1 heterocycles. The average Bonchev–Trinajstić information content (AvgIpc) is 2.90. The molecule has 0 aliphatic heterocycles. The Balaban J connectivity index is 1.90. The number of hydrogen-bond acceptors (Lipinski definition) is 6. The van der Waals surface area contributed by atoms with E-state index >= 15 is 0 Å². The summed E-state index contributed by atoms with van der Waals surface area (Å²) in [6, 6.07) is 6.15. The fourth-order valence-electron chi connectivity index (χ4n) is 1.66. The van der Waals surface area contributed by atoms with Gasteiger partial charge in [0, 0.05) is 12.6 Å². The lowest BCUT2D eigenvalue weighted by Gasteiger charge is -2.19. The van der Waals surface area contributed by atoms with Crippen LogP contribution in [-0.2, 0) is 4.79 Å². The maximum Gasteiger partial charge on any atom is 0.406 e. The number of carbonyl (C=O) groups excluding carboxylic acids is 1. The van der Waals surface area contributed by atoms with Crippen LogP contribution in [0, 0.1) is 0 Å². The summed E-state index contributed by atoms with van der Waals surface area (Å²) in [5.74, 6) is -0.249. The van der Waals surface area contributed by atoms with Crippen molar-refractivity contribution in [2.75, 3.05) is 25.9 Å². The van der Waals surface area contributed by atoms with Crippen molar-refractivity contribution in [3.63, 3.8) is 0 Å². The third-order valence-corrected chi connectivity index (χ3v) is 2.75. The molecule has 2 rings (SSSR count). The summed E-state index contributed by atoms with van der Waals surface area (Å²) in [5.41, 5.74) is 5.90. The molecule has 0 unspecified atom stereocenters. The van der Waals surface area contributed by atoms with Crippen molar-refractivity contribution in [1.29, 1.82) is 0 Å². The van der Waals surface area contributed by atoms with Gasteiger partial charge in [-0.25, -0.2) is 0 Å². The number of anilines is 1. The molecule has 0 bridgehead atoms. The van der Waals surface area contributed by atoms with Gasteiger partial charge in [0.2, 0.25) is 5.89 Å². The first-order valence-electron chi connectivity index (χ1n) is 6.37. The zero-order valence-electron chi connectivity index (χ0n) is 12.0. The second-order valence-corrected chi connectivity index (χ2v) is 4.62. The minimum Gasteiger partial charge on any atom is -0.484 e. The molecule has 1 aromatic carbocycles. The van der Waals surface area contributed by atoms with Crippen LogP contribution in [0.15, 0.2) is 28.7 Å². The van der Waals surface area contributed by atoms with Crippen LogP contribution in [0.1, 0.15) is 0 Å². The molecule has 0 fully saturated rings.